The summed E-state index contributed by atoms with van der Waals surface area (Å²) in [4.78, 5) is 25.2. The minimum Gasteiger partial charge on any atom is -0.451 e. The molecule has 0 saturated carbocycles. The number of anilines is 1. The van der Waals surface area contributed by atoms with E-state index in [4.69, 9.17) is 16.3 Å². The number of nitrogens with zero attached hydrogens (tertiary/aromatic N) is 3. The number of benzene rings is 2. The molecule has 28 heavy (non-hydrogen) atoms. The smallest absolute Gasteiger partial charge is 0.361 e. The summed E-state index contributed by atoms with van der Waals surface area (Å²) in [6.07, 6.45) is 0. The normalized spacial score (nSPS) is 10.6. The number of aryl methyl sites for hydroxylation is 1. The summed E-state index contributed by atoms with van der Waals surface area (Å²) in [6.45, 7) is 0.924. The van der Waals surface area contributed by atoms with Crippen LogP contribution in [0, 0.1) is 18.6 Å². The molecule has 0 aliphatic heterocycles. The first-order valence-corrected chi connectivity index (χ1v) is 8.33. The lowest BCUT2D eigenvalue weighted by Crippen LogP contribution is -2.21. The lowest BCUT2D eigenvalue weighted by molar-refractivity contribution is -0.119. The van der Waals surface area contributed by atoms with E-state index in [1.807, 2.05) is 0 Å². The number of aromatic nitrogens is 3. The van der Waals surface area contributed by atoms with Crippen LogP contribution in [0.25, 0.3) is 5.69 Å². The van der Waals surface area contributed by atoms with Crippen molar-refractivity contribution in [2.24, 2.45) is 0 Å². The Morgan fingerprint density at radius 1 is 1.14 bits per heavy atom. The third-order valence-electron chi connectivity index (χ3n) is 3.55. The van der Waals surface area contributed by atoms with E-state index in [0.29, 0.717) is 16.4 Å². The number of halogens is 3. The van der Waals surface area contributed by atoms with Crippen molar-refractivity contribution in [3.63, 3.8) is 0 Å². The van der Waals surface area contributed by atoms with Crippen LogP contribution in [0.5, 0.6) is 0 Å². The molecule has 0 bridgehead atoms. The monoisotopic (exact) mass is 406 g/mol. The van der Waals surface area contributed by atoms with Crippen molar-refractivity contribution < 1.29 is 23.1 Å². The van der Waals surface area contributed by atoms with Crippen molar-refractivity contribution in [3.05, 3.63) is 70.5 Å². The number of hydrogen-bond acceptors (Lipinski definition) is 5. The number of carbonyl (C=O) groups excluding carboxylic acids is 2. The van der Waals surface area contributed by atoms with Crippen molar-refractivity contribution in [1.29, 1.82) is 0 Å². The summed E-state index contributed by atoms with van der Waals surface area (Å²) in [6, 6.07) is 9.57. The number of carbonyl (C=O) groups is 2. The van der Waals surface area contributed by atoms with Gasteiger partial charge in [0.1, 0.15) is 0 Å². The molecule has 144 valence electrons. The van der Waals surface area contributed by atoms with Crippen LogP contribution in [0.1, 0.15) is 16.2 Å². The molecule has 1 aromatic heterocycles. The van der Waals surface area contributed by atoms with Gasteiger partial charge in [0.2, 0.25) is 0 Å². The Morgan fingerprint density at radius 2 is 1.93 bits per heavy atom. The molecule has 1 heterocycles. The Labute approximate surface area is 162 Å². The summed E-state index contributed by atoms with van der Waals surface area (Å²) in [5.74, 6) is -3.73. The lowest BCUT2D eigenvalue weighted by Gasteiger charge is -2.06. The molecule has 0 atom stereocenters. The molecule has 0 aliphatic rings. The van der Waals surface area contributed by atoms with E-state index in [-0.39, 0.29) is 11.4 Å². The molecule has 1 N–H and O–H groups in total. The van der Waals surface area contributed by atoms with Gasteiger partial charge in [0, 0.05) is 16.8 Å². The highest BCUT2D eigenvalue weighted by Gasteiger charge is 2.19. The average Bonchev–Trinajstić information content (AvgIpc) is 3.05. The van der Waals surface area contributed by atoms with Gasteiger partial charge in [-0.25, -0.2) is 13.6 Å². The zero-order valence-electron chi connectivity index (χ0n) is 14.4. The van der Waals surface area contributed by atoms with Gasteiger partial charge in [-0.3, -0.25) is 4.79 Å². The first-order valence-electron chi connectivity index (χ1n) is 7.95. The summed E-state index contributed by atoms with van der Waals surface area (Å²) in [5.41, 5.74) is 0.806. The maximum atomic E-state index is 13.1. The molecule has 10 heteroatoms. The summed E-state index contributed by atoms with van der Waals surface area (Å²) >= 11 is 5.92. The molecule has 0 spiro atoms. The second-order valence-corrected chi connectivity index (χ2v) is 6.09. The van der Waals surface area contributed by atoms with Gasteiger partial charge in [0.05, 0.1) is 11.4 Å². The molecule has 1 amide bonds. The summed E-state index contributed by atoms with van der Waals surface area (Å²) < 4.78 is 30.9. The Hall–Kier alpha value is -3.33. The highest BCUT2D eigenvalue weighted by atomic mass is 35.5. The summed E-state index contributed by atoms with van der Waals surface area (Å²) in [5, 5.41) is 10.9. The van der Waals surface area contributed by atoms with E-state index >= 15 is 0 Å². The molecule has 2 aromatic carbocycles. The molecule has 0 fully saturated rings. The minimum absolute atomic E-state index is 0.0306. The van der Waals surface area contributed by atoms with E-state index in [1.54, 1.807) is 31.2 Å². The average molecular weight is 407 g/mol. The molecule has 0 aliphatic carbocycles. The van der Waals surface area contributed by atoms with Gasteiger partial charge >= 0.3 is 5.97 Å². The number of hydrogen-bond donors (Lipinski definition) is 1. The molecule has 0 radical (unpaired) electrons. The van der Waals surface area contributed by atoms with Crippen LogP contribution in [0.3, 0.4) is 0 Å². The van der Waals surface area contributed by atoms with Crippen molar-refractivity contribution in [1.82, 2.24) is 15.0 Å². The molecule has 7 nitrogen and oxygen atoms in total. The Morgan fingerprint density at radius 3 is 2.64 bits per heavy atom. The van der Waals surface area contributed by atoms with Crippen molar-refractivity contribution in [2.45, 2.75) is 6.92 Å². The van der Waals surface area contributed by atoms with Gasteiger partial charge in [0.25, 0.3) is 5.91 Å². The van der Waals surface area contributed by atoms with E-state index < -0.39 is 30.1 Å². The van der Waals surface area contributed by atoms with Crippen LogP contribution < -0.4 is 5.32 Å². The fraction of sp³-hybridized carbons (Fsp3) is 0.111. The predicted octanol–water partition coefficient (Wildman–Crippen LogP) is 3.30. The number of nitrogens with one attached hydrogen (secondary N) is 1. The van der Waals surface area contributed by atoms with Gasteiger partial charge in [-0.15, -0.1) is 5.10 Å². The zero-order valence-corrected chi connectivity index (χ0v) is 15.2. The van der Waals surface area contributed by atoms with Crippen LogP contribution >= 0.6 is 11.6 Å². The van der Waals surface area contributed by atoms with Crippen LogP contribution in [-0.2, 0) is 9.53 Å². The fourth-order valence-electron chi connectivity index (χ4n) is 2.25. The van der Waals surface area contributed by atoms with Gasteiger partial charge < -0.3 is 10.1 Å². The Bertz CT molecular complexity index is 1060. The van der Waals surface area contributed by atoms with Crippen LogP contribution in [0.4, 0.5) is 14.5 Å². The summed E-state index contributed by atoms with van der Waals surface area (Å²) in [7, 11) is 0. The molecule has 3 rings (SSSR count). The topological polar surface area (TPSA) is 86.1 Å². The third-order valence-corrected chi connectivity index (χ3v) is 3.79. The molecular formula is C18H13ClF2N4O3. The van der Waals surface area contributed by atoms with Gasteiger partial charge in [-0.05, 0) is 37.3 Å². The van der Waals surface area contributed by atoms with Crippen LogP contribution in [0.15, 0.2) is 42.5 Å². The lowest BCUT2D eigenvalue weighted by atomic mass is 10.3. The zero-order chi connectivity index (χ0) is 20.3. The van der Waals surface area contributed by atoms with Crippen molar-refractivity contribution >= 4 is 29.2 Å². The number of amides is 1. The maximum Gasteiger partial charge on any atom is 0.361 e. The minimum atomic E-state index is -1.11. The standard InChI is InChI=1S/C18H13ClF2N4O3/c1-10-17(24-25(23-10)13-4-2-3-11(19)7-13)18(27)28-9-16(26)22-12-5-6-14(20)15(21)8-12/h2-8H,9H2,1H3,(H,22,26). The number of ether oxygens (including phenoxy) is 1. The molecule has 0 unspecified atom stereocenters. The van der Waals surface area contributed by atoms with E-state index in [9.17, 15) is 18.4 Å². The fourth-order valence-corrected chi connectivity index (χ4v) is 2.44. The van der Waals surface area contributed by atoms with Gasteiger partial charge in [-0.1, -0.05) is 17.7 Å². The Balaban J connectivity index is 1.63. The second-order valence-electron chi connectivity index (χ2n) is 5.66. The number of esters is 1. The molecule has 0 saturated heterocycles. The van der Waals surface area contributed by atoms with E-state index in [2.05, 4.69) is 15.5 Å². The Kier molecular flexibility index (Phi) is 5.65. The van der Waals surface area contributed by atoms with Crippen molar-refractivity contribution in [3.8, 4) is 5.69 Å². The maximum absolute atomic E-state index is 13.1. The quantitative estimate of drug-likeness (QED) is 0.657. The highest BCUT2D eigenvalue weighted by molar-refractivity contribution is 6.30. The predicted molar refractivity (Wildman–Crippen MR) is 96.4 cm³/mol. The second kappa shape index (κ2) is 8.13. The van der Waals surface area contributed by atoms with E-state index in [1.165, 1.54) is 10.9 Å². The molecule has 3 aromatic rings. The SMILES string of the molecule is Cc1nn(-c2cccc(Cl)c2)nc1C(=O)OCC(=O)Nc1ccc(F)c(F)c1. The largest absolute Gasteiger partial charge is 0.451 e. The van der Waals surface area contributed by atoms with E-state index in [0.717, 1.165) is 12.1 Å². The first kappa shape index (κ1) is 19.4. The van der Waals surface area contributed by atoms with Crippen molar-refractivity contribution in [2.75, 3.05) is 11.9 Å². The van der Waals surface area contributed by atoms with Gasteiger partial charge in [-0.2, -0.15) is 9.90 Å². The van der Waals surface area contributed by atoms with Crippen LogP contribution in [-0.4, -0.2) is 33.5 Å². The first-order chi connectivity index (χ1) is 13.3. The molecular weight excluding hydrogens is 394 g/mol. The van der Waals surface area contributed by atoms with Crippen LogP contribution in [0.2, 0.25) is 5.02 Å². The highest BCUT2D eigenvalue weighted by Crippen LogP contribution is 2.15. The number of rotatable bonds is 5. The van der Waals surface area contributed by atoms with Gasteiger partial charge in [0.15, 0.2) is 23.9 Å². The third kappa shape index (κ3) is 4.49.